The molecule has 2 atom stereocenters. The van der Waals surface area contributed by atoms with E-state index in [9.17, 15) is 0 Å². The van der Waals surface area contributed by atoms with Crippen molar-refractivity contribution in [3.8, 4) is 0 Å². The first-order valence-electron chi connectivity index (χ1n) is 5.61. The first kappa shape index (κ1) is 12.1. The van der Waals surface area contributed by atoms with Gasteiger partial charge in [0.1, 0.15) is 11.9 Å². The number of rotatable bonds is 5. The summed E-state index contributed by atoms with van der Waals surface area (Å²) in [5.74, 6) is 1.03. The molecule has 0 saturated heterocycles. The van der Waals surface area contributed by atoms with Crippen LogP contribution < -0.4 is 5.32 Å². The second-order valence-electron chi connectivity index (χ2n) is 4.04. The van der Waals surface area contributed by atoms with Gasteiger partial charge in [0, 0.05) is 30.4 Å². The summed E-state index contributed by atoms with van der Waals surface area (Å²) in [6.07, 6.45) is 5.70. The van der Waals surface area contributed by atoms with Gasteiger partial charge in [-0.25, -0.2) is 4.98 Å². The summed E-state index contributed by atoms with van der Waals surface area (Å²) in [6, 6.07) is 4.57. The van der Waals surface area contributed by atoms with Crippen molar-refractivity contribution >= 4 is 11.3 Å². The van der Waals surface area contributed by atoms with Gasteiger partial charge in [-0.2, -0.15) is 0 Å². The zero-order chi connectivity index (χ0) is 12.3. The SMILES string of the molecule is C=CC(C)NC(c1cccs1)c1nccn1C. The maximum absolute atomic E-state index is 4.43. The molecule has 0 aliphatic heterocycles. The van der Waals surface area contributed by atoms with Crippen LogP contribution in [-0.4, -0.2) is 15.6 Å². The van der Waals surface area contributed by atoms with Crippen molar-refractivity contribution < 1.29 is 0 Å². The van der Waals surface area contributed by atoms with E-state index in [0.29, 0.717) is 0 Å². The van der Waals surface area contributed by atoms with E-state index in [-0.39, 0.29) is 12.1 Å². The molecule has 17 heavy (non-hydrogen) atoms. The van der Waals surface area contributed by atoms with Gasteiger partial charge in [0.2, 0.25) is 0 Å². The smallest absolute Gasteiger partial charge is 0.131 e. The number of imidazole rings is 1. The monoisotopic (exact) mass is 247 g/mol. The van der Waals surface area contributed by atoms with Gasteiger partial charge in [-0.3, -0.25) is 5.32 Å². The Kier molecular flexibility index (Phi) is 3.76. The number of aryl methyl sites for hydroxylation is 1. The van der Waals surface area contributed by atoms with Crippen LogP contribution in [0.3, 0.4) is 0 Å². The van der Waals surface area contributed by atoms with Crippen LogP contribution in [0.25, 0.3) is 0 Å². The third kappa shape index (κ3) is 2.65. The van der Waals surface area contributed by atoms with Crippen molar-refractivity contribution in [3.63, 3.8) is 0 Å². The third-order valence-electron chi connectivity index (χ3n) is 2.73. The molecule has 0 radical (unpaired) electrons. The number of thiophene rings is 1. The van der Waals surface area contributed by atoms with Crippen molar-refractivity contribution in [2.45, 2.75) is 19.0 Å². The third-order valence-corrected chi connectivity index (χ3v) is 3.66. The van der Waals surface area contributed by atoms with E-state index >= 15 is 0 Å². The fraction of sp³-hybridized carbons (Fsp3) is 0.308. The molecule has 3 nitrogen and oxygen atoms in total. The minimum Gasteiger partial charge on any atom is -0.336 e. The van der Waals surface area contributed by atoms with Crippen LogP contribution in [0.5, 0.6) is 0 Å². The number of nitrogens with one attached hydrogen (secondary N) is 1. The van der Waals surface area contributed by atoms with E-state index in [0.717, 1.165) is 5.82 Å². The molecule has 0 spiro atoms. The Bertz CT molecular complexity index is 473. The van der Waals surface area contributed by atoms with Crippen molar-refractivity contribution in [3.05, 3.63) is 53.3 Å². The first-order valence-corrected chi connectivity index (χ1v) is 6.49. The van der Waals surface area contributed by atoms with Crippen LogP contribution in [0.1, 0.15) is 23.7 Å². The summed E-state index contributed by atoms with van der Waals surface area (Å²) in [5, 5.41) is 5.61. The molecule has 2 heterocycles. The second kappa shape index (κ2) is 5.29. The molecule has 0 fully saturated rings. The molecule has 4 heteroatoms. The minimum atomic E-state index is 0.128. The predicted molar refractivity (Wildman–Crippen MR) is 72.2 cm³/mol. The van der Waals surface area contributed by atoms with Gasteiger partial charge in [0.25, 0.3) is 0 Å². The quantitative estimate of drug-likeness (QED) is 0.823. The lowest BCUT2D eigenvalue weighted by Gasteiger charge is -2.20. The van der Waals surface area contributed by atoms with Crippen LogP contribution in [0, 0.1) is 0 Å². The van der Waals surface area contributed by atoms with Gasteiger partial charge < -0.3 is 4.57 Å². The maximum Gasteiger partial charge on any atom is 0.131 e. The molecule has 2 unspecified atom stereocenters. The van der Waals surface area contributed by atoms with Crippen molar-refractivity contribution in [2.75, 3.05) is 0 Å². The normalized spacial score (nSPS) is 14.5. The van der Waals surface area contributed by atoms with Gasteiger partial charge in [-0.1, -0.05) is 12.1 Å². The number of hydrogen-bond donors (Lipinski definition) is 1. The molecule has 90 valence electrons. The van der Waals surface area contributed by atoms with E-state index < -0.39 is 0 Å². The van der Waals surface area contributed by atoms with Crippen LogP contribution in [0.2, 0.25) is 0 Å². The lowest BCUT2D eigenvalue weighted by molar-refractivity contribution is 0.533. The molecule has 2 rings (SSSR count). The van der Waals surface area contributed by atoms with Gasteiger partial charge in [-0.15, -0.1) is 17.9 Å². The maximum atomic E-state index is 4.43. The lowest BCUT2D eigenvalue weighted by atomic mass is 10.2. The Hall–Kier alpha value is -1.39. The van der Waals surface area contributed by atoms with Crippen LogP contribution >= 0.6 is 11.3 Å². The minimum absolute atomic E-state index is 0.128. The molecule has 0 saturated carbocycles. The Labute approximate surface area is 106 Å². The largest absolute Gasteiger partial charge is 0.336 e. The summed E-state index contributed by atoms with van der Waals surface area (Å²) in [5.41, 5.74) is 0. The highest BCUT2D eigenvalue weighted by Crippen LogP contribution is 2.25. The summed E-state index contributed by atoms with van der Waals surface area (Å²) in [6.45, 7) is 5.91. The van der Waals surface area contributed by atoms with Gasteiger partial charge in [-0.05, 0) is 18.4 Å². The van der Waals surface area contributed by atoms with Crippen molar-refractivity contribution in [1.82, 2.24) is 14.9 Å². The van der Waals surface area contributed by atoms with Crippen LogP contribution in [-0.2, 0) is 7.05 Å². The van der Waals surface area contributed by atoms with E-state index in [1.165, 1.54) is 4.88 Å². The standard InChI is InChI=1S/C13H17N3S/c1-4-10(2)15-12(11-6-5-9-17-11)13-14-7-8-16(13)3/h4-10,12,15H,1H2,2-3H3. The Morgan fingerprint density at radius 1 is 1.59 bits per heavy atom. The zero-order valence-electron chi connectivity index (χ0n) is 10.1. The molecule has 1 N–H and O–H groups in total. The summed E-state index contributed by atoms with van der Waals surface area (Å²) in [7, 11) is 2.02. The highest BCUT2D eigenvalue weighted by atomic mass is 32.1. The zero-order valence-corrected chi connectivity index (χ0v) is 10.9. The highest BCUT2D eigenvalue weighted by Gasteiger charge is 2.19. The number of nitrogens with zero attached hydrogens (tertiary/aromatic N) is 2. The van der Waals surface area contributed by atoms with E-state index in [4.69, 9.17) is 0 Å². The molecular weight excluding hydrogens is 230 g/mol. The van der Waals surface area contributed by atoms with Gasteiger partial charge in [0.15, 0.2) is 0 Å². The van der Waals surface area contributed by atoms with Crippen molar-refractivity contribution in [1.29, 1.82) is 0 Å². The number of aromatic nitrogens is 2. The highest BCUT2D eigenvalue weighted by molar-refractivity contribution is 7.10. The van der Waals surface area contributed by atoms with E-state index in [1.807, 2.05) is 30.1 Å². The average molecular weight is 247 g/mol. The van der Waals surface area contributed by atoms with Gasteiger partial charge in [0.05, 0.1) is 0 Å². The molecule has 0 aromatic carbocycles. The Morgan fingerprint density at radius 3 is 2.94 bits per heavy atom. The molecule has 0 aliphatic carbocycles. The number of hydrogen-bond acceptors (Lipinski definition) is 3. The Morgan fingerprint density at radius 2 is 2.41 bits per heavy atom. The van der Waals surface area contributed by atoms with Crippen molar-refractivity contribution in [2.24, 2.45) is 7.05 Å². The molecule has 0 amide bonds. The molecule has 0 aliphatic rings. The van der Waals surface area contributed by atoms with Crippen LogP contribution in [0.15, 0.2) is 42.6 Å². The molecule has 2 aromatic rings. The average Bonchev–Trinajstić information content (AvgIpc) is 2.97. The predicted octanol–water partition coefficient (Wildman–Crippen LogP) is 2.74. The topological polar surface area (TPSA) is 29.9 Å². The fourth-order valence-electron chi connectivity index (χ4n) is 1.73. The first-order chi connectivity index (χ1) is 8.22. The summed E-state index contributed by atoms with van der Waals surface area (Å²) < 4.78 is 2.05. The van der Waals surface area contributed by atoms with Gasteiger partial charge >= 0.3 is 0 Å². The Balaban J connectivity index is 2.31. The van der Waals surface area contributed by atoms with E-state index in [2.05, 4.69) is 41.3 Å². The molecular formula is C13H17N3S. The summed E-state index contributed by atoms with van der Waals surface area (Å²) in [4.78, 5) is 5.70. The fourth-order valence-corrected chi connectivity index (χ4v) is 2.51. The van der Waals surface area contributed by atoms with E-state index in [1.54, 1.807) is 11.3 Å². The lowest BCUT2D eigenvalue weighted by Crippen LogP contribution is -2.30. The van der Waals surface area contributed by atoms with Crippen LogP contribution in [0.4, 0.5) is 0 Å². The second-order valence-corrected chi connectivity index (χ2v) is 5.02. The molecule has 0 bridgehead atoms. The summed E-state index contributed by atoms with van der Waals surface area (Å²) >= 11 is 1.74. The molecule has 2 aromatic heterocycles.